The van der Waals surface area contributed by atoms with Gasteiger partial charge in [0.05, 0.1) is 13.2 Å². The molecule has 2 aromatic rings. The molecular formula is C18H21N3O3. The molecule has 2 unspecified atom stereocenters. The zero-order valence-electron chi connectivity index (χ0n) is 13.8. The molecule has 1 aliphatic rings. The average molecular weight is 327 g/mol. The lowest BCUT2D eigenvalue weighted by atomic mass is 9.94. The maximum absolute atomic E-state index is 12.6. The third kappa shape index (κ3) is 3.27. The molecule has 2 heterocycles. The second-order valence-corrected chi connectivity index (χ2v) is 5.98. The number of H-pyrrole nitrogens is 1. The Balaban J connectivity index is 1.82. The van der Waals surface area contributed by atoms with Crippen LogP contribution in [0.1, 0.15) is 28.9 Å². The molecule has 24 heavy (non-hydrogen) atoms. The first-order valence-electron chi connectivity index (χ1n) is 7.92. The van der Waals surface area contributed by atoms with Crippen molar-refractivity contribution in [2.75, 3.05) is 20.2 Å². The number of carbonyl (C=O) groups is 2. The van der Waals surface area contributed by atoms with Crippen molar-refractivity contribution in [2.45, 2.75) is 18.9 Å². The van der Waals surface area contributed by atoms with Crippen LogP contribution in [-0.4, -0.2) is 47.9 Å². The molecule has 3 rings (SSSR count). The van der Waals surface area contributed by atoms with E-state index in [-0.39, 0.29) is 23.8 Å². The van der Waals surface area contributed by atoms with E-state index < -0.39 is 0 Å². The largest absolute Gasteiger partial charge is 0.497 e. The Kier molecular flexibility index (Phi) is 4.55. The standard InChI is InChI=1S/C18H21N3O3/c1-12(22)20-17-11-21(18(23)16-4-3-9-19-16)10-15(17)13-5-7-14(24-2)8-6-13/h3-9,15,17,19H,10-11H2,1-2H3,(H,20,22). The number of aromatic nitrogens is 1. The highest BCUT2D eigenvalue weighted by Gasteiger charge is 2.37. The van der Waals surface area contributed by atoms with Crippen LogP contribution in [0.2, 0.25) is 0 Å². The normalized spacial score (nSPS) is 20.0. The third-order valence-electron chi connectivity index (χ3n) is 4.37. The first-order chi connectivity index (χ1) is 11.6. The molecule has 126 valence electrons. The van der Waals surface area contributed by atoms with Crippen LogP contribution in [0.3, 0.4) is 0 Å². The zero-order chi connectivity index (χ0) is 17.1. The van der Waals surface area contributed by atoms with E-state index in [4.69, 9.17) is 4.74 Å². The van der Waals surface area contributed by atoms with E-state index in [1.807, 2.05) is 24.3 Å². The molecule has 0 bridgehead atoms. The summed E-state index contributed by atoms with van der Waals surface area (Å²) >= 11 is 0. The Bertz CT molecular complexity index is 710. The van der Waals surface area contributed by atoms with Crippen LogP contribution in [0.5, 0.6) is 5.75 Å². The molecule has 1 aromatic heterocycles. The molecule has 2 N–H and O–H groups in total. The summed E-state index contributed by atoms with van der Waals surface area (Å²) in [5, 5.41) is 2.97. The van der Waals surface area contributed by atoms with E-state index >= 15 is 0 Å². The van der Waals surface area contributed by atoms with Gasteiger partial charge in [0.15, 0.2) is 0 Å². The van der Waals surface area contributed by atoms with Crippen LogP contribution < -0.4 is 10.1 Å². The second-order valence-electron chi connectivity index (χ2n) is 5.98. The van der Waals surface area contributed by atoms with Gasteiger partial charge in [-0.3, -0.25) is 9.59 Å². The SMILES string of the molecule is COc1ccc(C2CN(C(=O)c3ccc[nH]3)CC2NC(C)=O)cc1. The van der Waals surface area contributed by atoms with E-state index in [1.165, 1.54) is 6.92 Å². The maximum atomic E-state index is 12.6. The van der Waals surface area contributed by atoms with Crippen LogP contribution in [-0.2, 0) is 4.79 Å². The topological polar surface area (TPSA) is 74.4 Å². The summed E-state index contributed by atoms with van der Waals surface area (Å²) in [6.45, 7) is 2.56. The molecule has 6 heteroatoms. The highest BCUT2D eigenvalue weighted by Crippen LogP contribution is 2.29. The van der Waals surface area contributed by atoms with E-state index in [1.54, 1.807) is 30.3 Å². The quantitative estimate of drug-likeness (QED) is 0.899. The van der Waals surface area contributed by atoms with Crippen LogP contribution in [0.25, 0.3) is 0 Å². The molecule has 1 aliphatic heterocycles. The van der Waals surface area contributed by atoms with Gasteiger partial charge in [-0.2, -0.15) is 0 Å². The Morgan fingerprint density at radius 1 is 1.21 bits per heavy atom. The van der Waals surface area contributed by atoms with Gasteiger partial charge in [-0.1, -0.05) is 12.1 Å². The van der Waals surface area contributed by atoms with E-state index in [0.717, 1.165) is 11.3 Å². The van der Waals surface area contributed by atoms with Crippen molar-refractivity contribution in [3.05, 3.63) is 53.9 Å². The Hall–Kier alpha value is -2.76. The Morgan fingerprint density at radius 2 is 1.96 bits per heavy atom. The fourth-order valence-electron chi connectivity index (χ4n) is 3.20. The number of likely N-dealkylation sites (tertiary alicyclic amines) is 1. The monoisotopic (exact) mass is 327 g/mol. The number of hydrogen-bond acceptors (Lipinski definition) is 3. The molecule has 0 spiro atoms. The minimum absolute atomic E-state index is 0.0497. The van der Waals surface area contributed by atoms with Gasteiger partial charge in [0, 0.05) is 32.1 Å². The van der Waals surface area contributed by atoms with Gasteiger partial charge < -0.3 is 19.9 Å². The number of nitrogens with one attached hydrogen (secondary N) is 2. The molecule has 0 radical (unpaired) electrons. The van der Waals surface area contributed by atoms with Gasteiger partial charge in [0.1, 0.15) is 11.4 Å². The lowest BCUT2D eigenvalue weighted by Crippen LogP contribution is -2.39. The first kappa shape index (κ1) is 16.1. The fraction of sp³-hybridized carbons (Fsp3) is 0.333. The van der Waals surface area contributed by atoms with Crippen LogP contribution in [0.4, 0.5) is 0 Å². The molecule has 0 aliphatic carbocycles. The summed E-state index contributed by atoms with van der Waals surface area (Å²) < 4.78 is 5.19. The average Bonchev–Trinajstić information content (AvgIpc) is 3.24. The number of amides is 2. The number of carbonyl (C=O) groups excluding carboxylic acids is 2. The lowest BCUT2D eigenvalue weighted by Gasteiger charge is -2.19. The molecule has 0 saturated carbocycles. The number of ether oxygens (including phenoxy) is 1. The number of methoxy groups -OCH3 is 1. The Labute approximate surface area is 140 Å². The van der Waals surface area contributed by atoms with Crippen LogP contribution >= 0.6 is 0 Å². The van der Waals surface area contributed by atoms with Crippen molar-refractivity contribution in [1.82, 2.24) is 15.2 Å². The minimum Gasteiger partial charge on any atom is -0.497 e. The molecule has 2 amide bonds. The number of nitrogens with zero attached hydrogens (tertiary/aromatic N) is 1. The van der Waals surface area contributed by atoms with Crippen LogP contribution in [0.15, 0.2) is 42.6 Å². The van der Waals surface area contributed by atoms with Crippen LogP contribution in [0, 0.1) is 0 Å². The van der Waals surface area contributed by atoms with Gasteiger partial charge >= 0.3 is 0 Å². The van der Waals surface area contributed by atoms with Crippen molar-refractivity contribution in [3.63, 3.8) is 0 Å². The molecule has 6 nitrogen and oxygen atoms in total. The summed E-state index contributed by atoms with van der Waals surface area (Å²) in [5.41, 5.74) is 1.64. The van der Waals surface area contributed by atoms with Crippen molar-refractivity contribution in [3.8, 4) is 5.75 Å². The summed E-state index contributed by atoms with van der Waals surface area (Å²) in [6.07, 6.45) is 1.73. The van der Waals surface area contributed by atoms with E-state index in [9.17, 15) is 9.59 Å². The highest BCUT2D eigenvalue weighted by molar-refractivity contribution is 5.92. The fourth-order valence-corrected chi connectivity index (χ4v) is 3.20. The van der Waals surface area contributed by atoms with E-state index in [0.29, 0.717) is 18.8 Å². The van der Waals surface area contributed by atoms with Crippen molar-refractivity contribution in [1.29, 1.82) is 0 Å². The molecule has 2 atom stereocenters. The smallest absolute Gasteiger partial charge is 0.270 e. The third-order valence-corrected chi connectivity index (χ3v) is 4.37. The predicted octanol–water partition coefficient (Wildman–Crippen LogP) is 1.77. The number of benzene rings is 1. The number of aromatic amines is 1. The summed E-state index contributed by atoms with van der Waals surface area (Å²) in [7, 11) is 1.63. The summed E-state index contributed by atoms with van der Waals surface area (Å²) in [4.78, 5) is 28.8. The first-order valence-corrected chi connectivity index (χ1v) is 7.92. The lowest BCUT2D eigenvalue weighted by molar-refractivity contribution is -0.119. The molecule has 1 fully saturated rings. The molecular weight excluding hydrogens is 306 g/mol. The van der Waals surface area contributed by atoms with Crippen molar-refractivity contribution < 1.29 is 14.3 Å². The minimum atomic E-state index is -0.102. The number of hydrogen-bond donors (Lipinski definition) is 2. The van der Waals surface area contributed by atoms with Gasteiger partial charge in [0.25, 0.3) is 5.91 Å². The van der Waals surface area contributed by atoms with Crippen molar-refractivity contribution in [2.24, 2.45) is 0 Å². The summed E-state index contributed by atoms with van der Waals surface area (Å²) in [6, 6.07) is 11.2. The molecule has 1 saturated heterocycles. The zero-order valence-corrected chi connectivity index (χ0v) is 13.8. The van der Waals surface area contributed by atoms with Gasteiger partial charge in [-0.15, -0.1) is 0 Å². The van der Waals surface area contributed by atoms with Gasteiger partial charge in [-0.25, -0.2) is 0 Å². The van der Waals surface area contributed by atoms with Crippen molar-refractivity contribution >= 4 is 11.8 Å². The Morgan fingerprint density at radius 3 is 2.54 bits per heavy atom. The number of rotatable bonds is 4. The summed E-state index contributed by atoms with van der Waals surface area (Å²) in [5.74, 6) is 0.699. The second kappa shape index (κ2) is 6.78. The highest BCUT2D eigenvalue weighted by atomic mass is 16.5. The molecule has 1 aromatic carbocycles. The maximum Gasteiger partial charge on any atom is 0.270 e. The van der Waals surface area contributed by atoms with E-state index in [2.05, 4.69) is 10.3 Å². The van der Waals surface area contributed by atoms with Gasteiger partial charge in [-0.05, 0) is 29.8 Å². The van der Waals surface area contributed by atoms with Gasteiger partial charge in [0.2, 0.25) is 5.91 Å². The predicted molar refractivity (Wildman–Crippen MR) is 90.0 cm³/mol.